The molecule has 6 nitrogen and oxygen atoms in total. The van der Waals surface area contributed by atoms with Crippen LogP contribution in [0.5, 0.6) is 5.75 Å². The first kappa shape index (κ1) is 17.9. The van der Waals surface area contributed by atoms with Gasteiger partial charge in [-0.25, -0.2) is 0 Å². The molecule has 0 amide bonds. The summed E-state index contributed by atoms with van der Waals surface area (Å²) >= 11 is 0. The Morgan fingerprint density at radius 2 is 2.00 bits per heavy atom. The van der Waals surface area contributed by atoms with Gasteiger partial charge in [0.05, 0.1) is 18.1 Å². The third-order valence-electron chi connectivity index (χ3n) is 4.11. The van der Waals surface area contributed by atoms with Gasteiger partial charge in [-0.05, 0) is 37.1 Å². The zero-order valence-electron chi connectivity index (χ0n) is 14.0. The van der Waals surface area contributed by atoms with E-state index < -0.39 is 6.10 Å². The van der Waals surface area contributed by atoms with Crippen LogP contribution in [0.1, 0.15) is 35.8 Å². The Morgan fingerprint density at radius 1 is 1.29 bits per heavy atom. The SMILES string of the molecule is COc1cccc([C@@H](O)CN[C@H](C)c2cccc([N+](=O)[O-])c2C)c1. The molecule has 0 spiro atoms. The molecule has 0 radical (unpaired) electrons. The Kier molecular flexibility index (Phi) is 5.89. The third kappa shape index (κ3) is 4.10. The summed E-state index contributed by atoms with van der Waals surface area (Å²) in [6.45, 7) is 3.99. The van der Waals surface area contributed by atoms with Crippen LogP contribution in [-0.2, 0) is 0 Å². The fraction of sp³-hybridized carbons (Fsp3) is 0.333. The van der Waals surface area contributed by atoms with Crippen molar-refractivity contribution >= 4 is 5.69 Å². The lowest BCUT2D eigenvalue weighted by Gasteiger charge is -2.19. The minimum absolute atomic E-state index is 0.106. The van der Waals surface area contributed by atoms with Gasteiger partial charge in [0.2, 0.25) is 0 Å². The molecule has 0 aliphatic heterocycles. The largest absolute Gasteiger partial charge is 0.497 e. The van der Waals surface area contributed by atoms with E-state index in [1.807, 2.05) is 31.2 Å². The lowest BCUT2D eigenvalue weighted by atomic mass is 10.0. The molecule has 128 valence electrons. The maximum atomic E-state index is 11.0. The maximum Gasteiger partial charge on any atom is 0.272 e. The molecule has 2 rings (SSSR count). The highest BCUT2D eigenvalue weighted by atomic mass is 16.6. The number of nitro benzene ring substituents is 1. The van der Waals surface area contributed by atoms with Gasteiger partial charge in [0.25, 0.3) is 5.69 Å². The topological polar surface area (TPSA) is 84.6 Å². The van der Waals surface area contributed by atoms with Crippen LogP contribution in [0.3, 0.4) is 0 Å². The second-order valence-electron chi connectivity index (χ2n) is 5.67. The minimum Gasteiger partial charge on any atom is -0.497 e. The Morgan fingerprint density at radius 3 is 2.67 bits per heavy atom. The number of nitro groups is 1. The van der Waals surface area contributed by atoms with Gasteiger partial charge in [-0.1, -0.05) is 24.3 Å². The van der Waals surface area contributed by atoms with E-state index in [2.05, 4.69) is 5.32 Å². The van der Waals surface area contributed by atoms with Crippen molar-refractivity contribution in [3.63, 3.8) is 0 Å². The molecule has 0 heterocycles. The molecule has 0 fully saturated rings. The molecule has 2 atom stereocenters. The van der Waals surface area contributed by atoms with E-state index >= 15 is 0 Å². The first-order valence-corrected chi connectivity index (χ1v) is 7.73. The number of nitrogens with one attached hydrogen (secondary N) is 1. The zero-order chi connectivity index (χ0) is 17.7. The van der Waals surface area contributed by atoms with Crippen LogP contribution in [0.15, 0.2) is 42.5 Å². The number of ether oxygens (including phenoxy) is 1. The average molecular weight is 330 g/mol. The van der Waals surface area contributed by atoms with Crippen LogP contribution in [0, 0.1) is 17.0 Å². The molecule has 0 aliphatic rings. The Hall–Kier alpha value is -2.44. The number of hydrogen-bond donors (Lipinski definition) is 2. The van der Waals surface area contributed by atoms with Crippen LogP contribution in [0.25, 0.3) is 0 Å². The highest BCUT2D eigenvalue weighted by molar-refractivity contribution is 5.45. The van der Waals surface area contributed by atoms with Crippen LogP contribution in [0.4, 0.5) is 5.69 Å². The zero-order valence-corrected chi connectivity index (χ0v) is 14.0. The minimum atomic E-state index is -0.693. The lowest BCUT2D eigenvalue weighted by Crippen LogP contribution is -2.25. The van der Waals surface area contributed by atoms with Crippen molar-refractivity contribution in [1.29, 1.82) is 0 Å². The first-order valence-electron chi connectivity index (χ1n) is 7.73. The Balaban J connectivity index is 2.06. The molecular weight excluding hydrogens is 308 g/mol. The van der Waals surface area contributed by atoms with Gasteiger partial charge < -0.3 is 15.2 Å². The van der Waals surface area contributed by atoms with E-state index in [0.717, 1.165) is 11.1 Å². The Labute approximate surface area is 141 Å². The van der Waals surface area contributed by atoms with Crippen molar-refractivity contribution in [2.75, 3.05) is 13.7 Å². The molecule has 24 heavy (non-hydrogen) atoms. The van der Waals surface area contributed by atoms with Gasteiger partial charge in [-0.15, -0.1) is 0 Å². The first-order chi connectivity index (χ1) is 11.4. The summed E-state index contributed by atoms with van der Waals surface area (Å²) in [7, 11) is 1.58. The Bertz CT molecular complexity index is 718. The lowest BCUT2D eigenvalue weighted by molar-refractivity contribution is -0.385. The molecule has 2 aromatic carbocycles. The number of methoxy groups -OCH3 is 1. The van der Waals surface area contributed by atoms with Gasteiger partial charge in [-0.3, -0.25) is 10.1 Å². The van der Waals surface area contributed by atoms with Crippen molar-refractivity contribution in [3.8, 4) is 5.75 Å². The molecular formula is C18H22N2O4. The van der Waals surface area contributed by atoms with Gasteiger partial charge in [0.15, 0.2) is 0 Å². The van der Waals surface area contributed by atoms with Crippen molar-refractivity contribution in [2.24, 2.45) is 0 Å². The molecule has 6 heteroatoms. The molecule has 0 unspecified atom stereocenters. The molecule has 0 aromatic heterocycles. The summed E-state index contributed by atoms with van der Waals surface area (Å²) < 4.78 is 5.16. The van der Waals surface area contributed by atoms with Gasteiger partial charge in [0.1, 0.15) is 5.75 Å². The molecule has 0 bridgehead atoms. The van der Waals surface area contributed by atoms with Crippen molar-refractivity contribution in [3.05, 3.63) is 69.3 Å². The van der Waals surface area contributed by atoms with Crippen LogP contribution in [0.2, 0.25) is 0 Å². The number of hydrogen-bond acceptors (Lipinski definition) is 5. The highest BCUT2D eigenvalue weighted by Gasteiger charge is 2.18. The van der Waals surface area contributed by atoms with E-state index in [-0.39, 0.29) is 16.7 Å². The summed E-state index contributed by atoms with van der Waals surface area (Å²) in [6.07, 6.45) is -0.693. The summed E-state index contributed by atoms with van der Waals surface area (Å²) in [4.78, 5) is 10.7. The third-order valence-corrected chi connectivity index (χ3v) is 4.11. The predicted octanol–water partition coefficient (Wildman–Crippen LogP) is 3.30. The smallest absolute Gasteiger partial charge is 0.272 e. The van der Waals surface area contributed by atoms with E-state index in [1.54, 1.807) is 26.2 Å². The highest BCUT2D eigenvalue weighted by Crippen LogP contribution is 2.26. The average Bonchev–Trinajstić information content (AvgIpc) is 2.59. The van der Waals surface area contributed by atoms with Crippen LogP contribution in [-0.4, -0.2) is 23.7 Å². The molecule has 0 aliphatic carbocycles. The molecule has 2 aromatic rings. The van der Waals surface area contributed by atoms with Gasteiger partial charge >= 0.3 is 0 Å². The maximum absolute atomic E-state index is 11.0. The normalized spacial score (nSPS) is 13.3. The van der Waals surface area contributed by atoms with Gasteiger partial charge in [-0.2, -0.15) is 0 Å². The predicted molar refractivity (Wildman–Crippen MR) is 92.2 cm³/mol. The second-order valence-corrected chi connectivity index (χ2v) is 5.67. The fourth-order valence-electron chi connectivity index (χ4n) is 2.67. The summed E-state index contributed by atoms with van der Waals surface area (Å²) in [5.41, 5.74) is 2.35. The van der Waals surface area contributed by atoms with E-state index in [4.69, 9.17) is 4.74 Å². The van der Waals surface area contributed by atoms with E-state index in [1.165, 1.54) is 6.07 Å². The molecule has 0 saturated heterocycles. The number of rotatable bonds is 7. The van der Waals surface area contributed by atoms with Crippen LogP contribution < -0.4 is 10.1 Å². The van der Waals surface area contributed by atoms with Crippen molar-refractivity contribution < 1.29 is 14.8 Å². The summed E-state index contributed by atoms with van der Waals surface area (Å²) in [5.74, 6) is 0.689. The standard InChI is InChI=1S/C18H22N2O4/c1-12-16(8-5-9-17(12)20(22)23)13(2)19-11-18(21)14-6-4-7-15(10-14)24-3/h4-10,13,18-19,21H,11H2,1-3H3/t13-,18+/m1/s1. The van der Waals surface area contributed by atoms with Crippen molar-refractivity contribution in [2.45, 2.75) is 26.0 Å². The monoisotopic (exact) mass is 330 g/mol. The fourth-order valence-corrected chi connectivity index (χ4v) is 2.67. The number of aliphatic hydroxyl groups is 1. The van der Waals surface area contributed by atoms with Crippen LogP contribution >= 0.6 is 0 Å². The number of benzene rings is 2. The second kappa shape index (κ2) is 7.90. The van der Waals surface area contributed by atoms with Crippen molar-refractivity contribution in [1.82, 2.24) is 5.32 Å². The summed E-state index contributed by atoms with van der Waals surface area (Å²) in [5, 5.41) is 24.6. The molecule has 2 N–H and O–H groups in total. The van der Waals surface area contributed by atoms with Gasteiger partial charge in [0, 0.05) is 24.2 Å². The van der Waals surface area contributed by atoms with E-state index in [0.29, 0.717) is 17.9 Å². The number of nitrogens with zero attached hydrogens (tertiary/aromatic N) is 1. The summed E-state index contributed by atoms with van der Waals surface area (Å²) in [6, 6.07) is 12.2. The quantitative estimate of drug-likeness (QED) is 0.601. The molecule has 0 saturated carbocycles. The van der Waals surface area contributed by atoms with E-state index in [9.17, 15) is 15.2 Å². The number of aliphatic hydroxyl groups excluding tert-OH is 1.